The van der Waals surface area contributed by atoms with Crippen molar-refractivity contribution in [2.24, 2.45) is 0 Å². The minimum absolute atomic E-state index is 0.0666. The molecule has 0 aliphatic heterocycles. The summed E-state index contributed by atoms with van der Waals surface area (Å²) in [5.41, 5.74) is 0.0666. The van der Waals surface area contributed by atoms with Gasteiger partial charge in [-0.2, -0.15) is 8.78 Å². The fraction of sp³-hybridized carbons (Fsp3) is 0.571. The van der Waals surface area contributed by atoms with Gasteiger partial charge in [-0.3, -0.25) is 0 Å². The number of nitrogens with one attached hydrogen (secondary N) is 1. The molecule has 0 aliphatic carbocycles. The lowest BCUT2D eigenvalue weighted by molar-refractivity contribution is -0.00303. The third-order valence-corrected chi connectivity index (χ3v) is 2.75. The number of rotatable bonds is 9. The van der Waals surface area contributed by atoms with Crippen LogP contribution in [0.25, 0.3) is 0 Å². The molecule has 0 unspecified atom stereocenters. The van der Waals surface area contributed by atoms with Crippen molar-refractivity contribution in [3.05, 3.63) is 35.9 Å². The zero-order valence-electron chi connectivity index (χ0n) is 10.8. The fourth-order valence-corrected chi connectivity index (χ4v) is 1.70. The molecular weight excluding hydrogens is 236 g/mol. The molecule has 0 aromatic heterocycles. The predicted molar refractivity (Wildman–Crippen MR) is 68.9 cm³/mol. The second kappa shape index (κ2) is 8.16. The lowest BCUT2D eigenvalue weighted by Gasteiger charge is -2.17. The van der Waals surface area contributed by atoms with Crippen LogP contribution in [0.4, 0.5) is 8.78 Å². The van der Waals surface area contributed by atoms with Crippen LogP contribution in [0.5, 0.6) is 0 Å². The van der Waals surface area contributed by atoms with Crippen molar-refractivity contribution in [2.75, 3.05) is 26.8 Å². The van der Waals surface area contributed by atoms with E-state index in [0.29, 0.717) is 6.54 Å². The summed E-state index contributed by atoms with van der Waals surface area (Å²) in [5.74, 6) is -2.80. The van der Waals surface area contributed by atoms with Crippen LogP contribution >= 0.6 is 0 Å². The summed E-state index contributed by atoms with van der Waals surface area (Å²) in [6.07, 6.45) is 2.87. The van der Waals surface area contributed by atoms with E-state index in [4.69, 9.17) is 4.74 Å². The Hall–Kier alpha value is -1.00. The Kier molecular flexibility index (Phi) is 6.83. The minimum atomic E-state index is -2.80. The highest BCUT2D eigenvalue weighted by molar-refractivity contribution is 5.20. The second-order valence-corrected chi connectivity index (χ2v) is 4.30. The van der Waals surface area contributed by atoms with Crippen LogP contribution in [-0.2, 0) is 10.7 Å². The van der Waals surface area contributed by atoms with Gasteiger partial charge in [-0.05, 0) is 25.8 Å². The van der Waals surface area contributed by atoms with Crippen LogP contribution in [0.1, 0.15) is 24.8 Å². The topological polar surface area (TPSA) is 21.3 Å². The van der Waals surface area contributed by atoms with Crippen LogP contribution in [0.2, 0.25) is 0 Å². The zero-order valence-corrected chi connectivity index (χ0v) is 10.8. The third-order valence-electron chi connectivity index (χ3n) is 2.75. The summed E-state index contributed by atoms with van der Waals surface area (Å²) in [5, 5.41) is 2.81. The van der Waals surface area contributed by atoms with Gasteiger partial charge in [-0.1, -0.05) is 30.3 Å². The van der Waals surface area contributed by atoms with Crippen molar-refractivity contribution in [3.8, 4) is 0 Å². The van der Waals surface area contributed by atoms with E-state index < -0.39 is 5.92 Å². The molecule has 102 valence electrons. The van der Waals surface area contributed by atoms with Crippen LogP contribution in [0.15, 0.2) is 30.3 Å². The van der Waals surface area contributed by atoms with Gasteiger partial charge in [-0.25, -0.2) is 0 Å². The number of hydrogen-bond donors (Lipinski definition) is 1. The molecule has 2 nitrogen and oxygen atoms in total. The Morgan fingerprint density at radius 2 is 1.83 bits per heavy atom. The van der Waals surface area contributed by atoms with E-state index >= 15 is 0 Å². The van der Waals surface area contributed by atoms with Crippen molar-refractivity contribution in [1.29, 1.82) is 0 Å². The highest BCUT2D eigenvalue weighted by Gasteiger charge is 2.30. The maximum Gasteiger partial charge on any atom is 0.285 e. The number of benzene rings is 1. The first kappa shape index (κ1) is 15.1. The van der Waals surface area contributed by atoms with E-state index in [9.17, 15) is 8.78 Å². The minimum Gasteiger partial charge on any atom is -0.385 e. The van der Waals surface area contributed by atoms with Crippen molar-refractivity contribution in [2.45, 2.75) is 25.2 Å². The summed E-state index contributed by atoms with van der Waals surface area (Å²) in [6.45, 7) is 1.05. The van der Waals surface area contributed by atoms with E-state index in [1.165, 1.54) is 12.1 Å². The Labute approximate surface area is 107 Å². The quantitative estimate of drug-likeness (QED) is 0.686. The molecule has 1 aromatic rings. The molecule has 0 radical (unpaired) electrons. The molecule has 1 rings (SSSR count). The number of ether oxygens (including phenoxy) is 1. The van der Waals surface area contributed by atoms with Gasteiger partial charge >= 0.3 is 0 Å². The highest BCUT2D eigenvalue weighted by Crippen LogP contribution is 2.26. The zero-order chi connectivity index (χ0) is 13.3. The Balaban J connectivity index is 2.18. The first-order chi connectivity index (χ1) is 8.67. The molecule has 0 atom stereocenters. The maximum atomic E-state index is 13.7. The van der Waals surface area contributed by atoms with Gasteiger partial charge in [0, 0.05) is 19.3 Å². The molecule has 0 spiro atoms. The molecule has 0 saturated carbocycles. The van der Waals surface area contributed by atoms with E-state index in [-0.39, 0.29) is 12.1 Å². The lowest BCUT2D eigenvalue weighted by atomic mass is 10.1. The van der Waals surface area contributed by atoms with Gasteiger partial charge in [0.05, 0.1) is 6.54 Å². The molecule has 1 aromatic carbocycles. The molecule has 0 fully saturated rings. The van der Waals surface area contributed by atoms with Crippen LogP contribution in [-0.4, -0.2) is 26.8 Å². The van der Waals surface area contributed by atoms with E-state index in [1.54, 1.807) is 25.3 Å². The van der Waals surface area contributed by atoms with Crippen LogP contribution in [0, 0.1) is 0 Å². The Bertz CT molecular complexity index is 317. The number of alkyl halides is 2. The summed E-state index contributed by atoms with van der Waals surface area (Å²) in [4.78, 5) is 0. The number of halogens is 2. The van der Waals surface area contributed by atoms with Gasteiger partial charge in [0.2, 0.25) is 0 Å². The second-order valence-electron chi connectivity index (χ2n) is 4.30. The van der Waals surface area contributed by atoms with E-state index in [1.807, 2.05) is 0 Å². The van der Waals surface area contributed by atoms with Crippen molar-refractivity contribution >= 4 is 0 Å². The summed E-state index contributed by atoms with van der Waals surface area (Å²) < 4.78 is 32.3. The molecule has 0 aliphatic rings. The molecule has 4 heteroatoms. The smallest absolute Gasteiger partial charge is 0.285 e. The summed E-state index contributed by atoms with van der Waals surface area (Å²) in [6, 6.07) is 7.92. The standard InChI is InChI=1S/C14H21F2NO/c1-18-11-7-3-6-10-17-12-14(15,16)13-8-4-2-5-9-13/h2,4-5,8-9,17H,3,6-7,10-12H2,1H3. The average Bonchev–Trinajstić information content (AvgIpc) is 2.39. The monoisotopic (exact) mass is 257 g/mol. The highest BCUT2D eigenvalue weighted by atomic mass is 19.3. The molecule has 0 saturated heterocycles. The van der Waals surface area contributed by atoms with Crippen LogP contribution < -0.4 is 5.32 Å². The first-order valence-corrected chi connectivity index (χ1v) is 6.30. The van der Waals surface area contributed by atoms with Gasteiger partial charge in [0.15, 0.2) is 0 Å². The molecule has 0 heterocycles. The predicted octanol–water partition coefficient (Wildman–Crippen LogP) is 3.18. The van der Waals surface area contributed by atoms with E-state index in [0.717, 1.165) is 25.9 Å². The normalized spacial score (nSPS) is 11.7. The lowest BCUT2D eigenvalue weighted by Crippen LogP contribution is -2.31. The Morgan fingerprint density at radius 1 is 1.11 bits per heavy atom. The van der Waals surface area contributed by atoms with Crippen molar-refractivity contribution in [3.63, 3.8) is 0 Å². The van der Waals surface area contributed by atoms with Gasteiger partial charge < -0.3 is 10.1 Å². The van der Waals surface area contributed by atoms with Gasteiger partial charge in [0.25, 0.3) is 5.92 Å². The third kappa shape index (κ3) is 5.56. The van der Waals surface area contributed by atoms with E-state index in [2.05, 4.69) is 5.32 Å². The molecule has 1 N–H and O–H groups in total. The molecule has 0 bridgehead atoms. The van der Waals surface area contributed by atoms with Crippen molar-refractivity contribution in [1.82, 2.24) is 5.32 Å². The Morgan fingerprint density at radius 3 is 2.50 bits per heavy atom. The van der Waals surface area contributed by atoms with Gasteiger partial charge in [-0.15, -0.1) is 0 Å². The van der Waals surface area contributed by atoms with Crippen LogP contribution in [0.3, 0.4) is 0 Å². The number of unbranched alkanes of at least 4 members (excludes halogenated alkanes) is 2. The largest absolute Gasteiger partial charge is 0.385 e. The first-order valence-electron chi connectivity index (χ1n) is 6.30. The number of methoxy groups -OCH3 is 1. The molecular formula is C14H21F2NO. The summed E-state index contributed by atoms with van der Waals surface area (Å²) >= 11 is 0. The fourth-order valence-electron chi connectivity index (χ4n) is 1.70. The number of hydrogen-bond acceptors (Lipinski definition) is 2. The summed E-state index contributed by atoms with van der Waals surface area (Å²) in [7, 11) is 1.67. The van der Waals surface area contributed by atoms with Crippen molar-refractivity contribution < 1.29 is 13.5 Å². The van der Waals surface area contributed by atoms with Gasteiger partial charge in [0.1, 0.15) is 0 Å². The SMILES string of the molecule is COCCCCCNCC(F)(F)c1ccccc1. The average molecular weight is 257 g/mol. The molecule has 0 amide bonds. The molecule has 18 heavy (non-hydrogen) atoms. The maximum absolute atomic E-state index is 13.7.